The lowest BCUT2D eigenvalue weighted by Gasteiger charge is -2.21. The number of carbonyl (C=O) groups is 1. The van der Waals surface area contributed by atoms with E-state index in [-0.39, 0.29) is 5.91 Å². The Bertz CT molecular complexity index is 684. The van der Waals surface area contributed by atoms with Crippen LogP contribution in [-0.2, 0) is 11.3 Å². The van der Waals surface area contributed by atoms with E-state index in [2.05, 4.69) is 36.2 Å². The third-order valence-corrected chi connectivity index (χ3v) is 4.24. The number of nitrogens with zero attached hydrogens (tertiary/aromatic N) is 1. The number of halogens is 1. The van der Waals surface area contributed by atoms with Gasteiger partial charge >= 0.3 is 0 Å². The van der Waals surface area contributed by atoms with Crippen LogP contribution >= 0.6 is 11.6 Å². The minimum Gasteiger partial charge on any atom is -0.481 e. The van der Waals surface area contributed by atoms with E-state index in [1.165, 1.54) is 5.69 Å². The molecule has 2 aromatic rings. The summed E-state index contributed by atoms with van der Waals surface area (Å²) in [4.78, 5) is 14.5. The normalized spacial score (nSPS) is 11.7. The molecule has 5 heteroatoms. The summed E-state index contributed by atoms with van der Waals surface area (Å²) in [5.41, 5.74) is 2.25. The van der Waals surface area contributed by atoms with Crippen LogP contribution in [0.15, 0.2) is 48.5 Å². The Labute approximate surface area is 154 Å². The van der Waals surface area contributed by atoms with E-state index in [0.29, 0.717) is 17.3 Å². The van der Waals surface area contributed by atoms with Crippen molar-refractivity contribution in [3.8, 4) is 5.75 Å². The molecule has 4 nitrogen and oxygen atoms in total. The van der Waals surface area contributed by atoms with Gasteiger partial charge in [0.2, 0.25) is 0 Å². The largest absolute Gasteiger partial charge is 0.481 e. The van der Waals surface area contributed by atoms with Gasteiger partial charge in [-0.1, -0.05) is 29.8 Å². The maximum Gasteiger partial charge on any atom is 0.261 e. The number of rotatable bonds is 8. The summed E-state index contributed by atoms with van der Waals surface area (Å²) in [5.74, 6) is 0.423. The smallest absolute Gasteiger partial charge is 0.261 e. The Kier molecular flexibility index (Phi) is 7.14. The third kappa shape index (κ3) is 5.68. The van der Waals surface area contributed by atoms with Crippen LogP contribution in [0.1, 0.15) is 26.3 Å². The van der Waals surface area contributed by atoms with E-state index in [0.717, 1.165) is 18.7 Å². The summed E-state index contributed by atoms with van der Waals surface area (Å²) in [6.45, 7) is 8.42. The zero-order chi connectivity index (χ0) is 18.2. The quantitative estimate of drug-likeness (QED) is 0.764. The highest BCUT2D eigenvalue weighted by Crippen LogP contribution is 2.18. The summed E-state index contributed by atoms with van der Waals surface area (Å²) >= 11 is 5.92. The molecule has 2 aromatic carbocycles. The van der Waals surface area contributed by atoms with Crippen molar-refractivity contribution < 1.29 is 9.53 Å². The van der Waals surface area contributed by atoms with Crippen molar-refractivity contribution in [2.45, 2.75) is 33.4 Å². The Hall–Kier alpha value is -2.20. The Morgan fingerprint density at radius 2 is 1.84 bits per heavy atom. The summed E-state index contributed by atoms with van der Waals surface area (Å²) in [6.07, 6.45) is -0.589. The van der Waals surface area contributed by atoms with Gasteiger partial charge in [-0.3, -0.25) is 4.79 Å². The van der Waals surface area contributed by atoms with Gasteiger partial charge in [0.15, 0.2) is 6.10 Å². The number of anilines is 1. The second-order valence-electron chi connectivity index (χ2n) is 5.77. The molecule has 0 radical (unpaired) electrons. The first-order valence-corrected chi connectivity index (χ1v) is 8.95. The zero-order valence-corrected chi connectivity index (χ0v) is 15.7. The van der Waals surface area contributed by atoms with Crippen molar-refractivity contribution in [3.63, 3.8) is 0 Å². The third-order valence-electron chi connectivity index (χ3n) is 4.01. The van der Waals surface area contributed by atoms with Crippen molar-refractivity contribution in [1.29, 1.82) is 0 Å². The molecule has 0 fully saturated rings. The molecule has 0 aliphatic heterocycles. The second kappa shape index (κ2) is 9.33. The highest BCUT2D eigenvalue weighted by molar-refractivity contribution is 6.30. The van der Waals surface area contributed by atoms with Crippen molar-refractivity contribution in [2.24, 2.45) is 0 Å². The van der Waals surface area contributed by atoms with Crippen molar-refractivity contribution >= 4 is 23.2 Å². The van der Waals surface area contributed by atoms with Crippen LogP contribution in [-0.4, -0.2) is 25.1 Å². The van der Waals surface area contributed by atoms with Crippen LogP contribution < -0.4 is 15.0 Å². The van der Waals surface area contributed by atoms with Crippen LogP contribution in [0.2, 0.25) is 5.02 Å². The molecule has 0 aromatic heterocycles. The van der Waals surface area contributed by atoms with Crippen LogP contribution in [0.4, 0.5) is 5.69 Å². The molecule has 0 aliphatic carbocycles. The minimum absolute atomic E-state index is 0.159. The minimum atomic E-state index is -0.589. The molecule has 2 rings (SSSR count). The van der Waals surface area contributed by atoms with Gasteiger partial charge < -0.3 is 15.0 Å². The number of ether oxygens (including phenoxy) is 1. The van der Waals surface area contributed by atoms with Crippen molar-refractivity contribution in [1.82, 2.24) is 5.32 Å². The van der Waals surface area contributed by atoms with Crippen LogP contribution in [0, 0.1) is 0 Å². The van der Waals surface area contributed by atoms with E-state index in [9.17, 15) is 4.79 Å². The lowest BCUT2D eigenvalue weighted by atomic mass is 10.2. The monoisotopic (exact) mass is 360 g/mol. The fourth-order valence-corrected chi connectivity index (χ4v) is 2.72. The van der Waals surface area contributed by atoms with Crippen LogP contribution in [0.25, 0.3) is 0 Å². The maximum atomic E-state index is 12.2. The van der Waals surface area contributed by atoms with Gasteiger partial charge in [0.1, 0.15) is 5.75 Å². The number of amides is 1. The molecular formula is C20H25ClN2O2. The summed E-state index contributed by atoms with van der Waals surface area (Å²) < 4.78 is 5.62. The molecule has 0 saturated carbocycles. The lowest BCUT2D eigenvalue weighted by Crippen LogP contribution is -2.35. The predicted octanol–water partition coefficient (Wildman–Crippen LogP) is 4.27. The molecule has 1 N–H and O–H groups in total. The average Bonchev–Trinajstić information content (AvgIpc) is 2.61. The summed E-state index contributed by atoms with van der Waals surface area (Å²) in [7, 11) is 0. The van der Waals surface area contributed by atoms with Crippen LogP contribution in [0.3, 0.4) is 0 Å². The summed E-state index contributed by atoms with van der Waals surface area (Å²) in [6, 6.07) is 15.3. The Morgan fingerprint density at radius 1 is 1.16 bits per heavy atom. The molecule has 0 spiro atoms. The first-order chi connectivity index (χ1) is 12.0. The molecule has 134 valence electrons. The standard InChI is InChI=1S/C20H25ClN2O2/c1-4-23(5-2)18-11-9-16(10-12-18)14-22-20(24)15(3)25-19-8-6-7-17(21)13-19/h6-13,15H,4-5,14H2,1-3H3,(H,22,24)/t15-/m0/s1. The van der Waals surface area contributed by atoms with E-state index >= 15 is 0 Å². The van der Waals surface area contributed by atoms with Gasteiger partial charge in [-0.2, -0.15) is 0 Å². The molecule has 0 bridgehead atoms. The van der Waals surface area contributed by atoms with Crippen LogP contribution in [0.5, 0.6) is 5.75 Å². The number of nitrogens with one attached hydrogen (secondary N) is 1. The number of hydrogen-bond donors (Lipinski definition) is 1. The van der Waals surface area contributed by atoms with Gasteiger partial charge in [-0.05, 0) is 56.7 Å². The highest BCUT2D eigenvalue weighted by Gasteiger charge is 2.14. The fourth-order valence-electron chi connectivity index (χ4n) is 2.54. The molecule has 0 saturated heterocycles. The molecular weight excluding hydrogens is 336 g/mol. The van der Waals surface area contributed by atoms with E-state index in [1.807, 2.05) is 12.1 Å². The van der Waals surface area contributed by atoms with Crippen molar-refractivity contribution in [3.05, 3.63) is 59.1 Å². The highest BCUT2D eigenvalue weighted by atomic mass is 35.5. The lowest BCUT2D eigenvalue weighted by molar-refractivity contribution is -0.127. The van der Waals surface area contributed by atoms with Gasteiger partial charge in [-0.15, -0.1) is 0 Å². The van der Waals surface area contributed by atoms with E-state index < -0.39 is 6.10 Å². The van der Waals surface area contributed by atoms with Gasteiger partial charge in [0, 0.05) is 30.3 Å². The Morgan fingerprint density at radius 3 is 2.44 bits per heavy atom. The molecule has 1 amide bonds. The zero-order valence-electron chi connectivity index (χ0n) is 15.0. The average molecular weight is 361 g/mol. The number of benzene rings is 2. The van der Waals surface area contributed by atoms with Gasteiger partial charge in [-0.25, -0.2) is 0 Å². The Balaban J connectivity index is 1.86. The first-order valence-electron chi connectivity index (χ1n) is 8.57. The molecule has 0 heterocycles. The number of carbonyl (C=O) groups excluding carboxylic acids is 1. The maximum absolute atomic E-state index is 12.2. The number of hydrogen-bond acceptors (Lipinski definition) is 3. The second-order valence-corrected chi connectivity index (χ2v) is 6.21. The SMILES string of the molecule is CCN(CC)c1ccc(CNC(=O)[C@H](C)Oc2cccc(Cl)c2)cc1. The van der Waals surface area contributed by atoms with E-state index in [4.69, 9.17) is 16.3 Å². The molecule has 25 heavy (non-hydrogen) atoms. The van der Waals surface area contributed by atoms with E-state index in [1.54, 1.807) is 31.2 Å². The topological polar surface area (TPSA) is 41.6 Å². The van der Waals surface area contributed by atoms with Gasteiger partial charge in [0.05, 0.1) is 0 Å². The fraction of sp³-hybridized carbons (Fsp3) is 0.350. The molecule has 1 atom stereocenters. The first kappa shape index (κ1) is 19.1. The molecule has 0 unspecified atom stereocenters. The summed E-state index contributed by atoms with van der Waals surface area (Å²) in [5, 5.41) is 3.48. The molecule has 0 aliphatic rings. The van der Waals surface area contributed by atoms with Crippen molar-refractivity contribution in [2.75, 3.05) is 18.0 Å². The van der Waals surface area contributed by atoms with Gasteiger partial charge in [0.25, 0.3) is 5.91 Å². The predicted molar refractivity (Wildman–Crippen MR) is 103 cm³/mol.